The molecule has 3 rings (SSSR count). The molecule has 2 aromatic rings. The molecular formula is C19H20ClFN2O2. The van der Waals surface area contributed by atoms with Gasteiger partial charge in [-0.05, 0) is 35.4 Å². The van der Waals surface area contributed by atoms with Crippen LogP contribution in [-0.4, -0.2) is 30.2 Å². The highest BCUT2D eigenvalue weighted by Crippen LogP contribution is 2.22. The second-order valence-corrected chi connectivity index (χ2v) is 6.56. The molecule has 132 valence electrons. The summed E-state index contributed by atoms with van der Waals surface area (Å²) in [4.78, 5) is 12.6. The number of carbonyl (C=O) groups excluding carboxylic acids is 1. The lowest BCUT2D eigenvalue weighted by Gasteiger charge is -2.23. The van der Waals surface area contributed by atoms with Crippen molar-refractivity contribution < 1.29 is 13.9 Å². The first-order valence-corrected chi connectivity index (χ1v) is 8.56. The number of amides is 1. The monoisotopic (exact) mass is 362 g/mol. The first kappa shape index (κ1) is 17.7. The topological polar surface area (TPSA) is 41.6 Å². The van der Waals surface area contributed by atoms with Gasteiger partial charge in [0, 0.05) is 24.5 Å². The van der Waals surface area contributed by atoms with Crippen LogP contribution in [0, 0.1) is 0 Å². The van der Waals surface area contributed by atoms with Gasteiger partial charge in [0.1, 0.15) is 18.5 Å². The van der Waals surface area contributed by atoms with E-state index in [0.717, 1.165) is 16.9 Å². The van der Waals surface area contributed by atoms with Crippen LogP contribution in [0.15, 0.2) is 48.5 Å². The van der Waals surface area contributed by atoms with Crippen LogP contribution in [0.4, 0.5) is 4.39 Å². The molecule has 25 heavy (non-hydrogen) atoms. The number of likely N-dealkylation sites (tertiary alicyclic amines) is 1. The predicted molar refractivity (Wildman–Crippen MR) is 95.1 cm³/mol. The molecule has 0 spiro atoms. The summed E-state index contributed by atoms with van der Waals surface area (Å²) >= 11 is 5.96. The quantitative estimate of drug-likeness (QED) is 0.766. The van der Waals surface area contributed by atoms with E-state index in [-0.39, 0.29) is 6.17 Å². The van der Waals surface area contributed by atoms with Crippen LogP contribution in [0.1, 0.15) is 17.5 Å². The van der Waals surface area contributed by atoms with Crippen molar-refractivity contribution in [1.82, 2.24) is 10.2 Å². The summed E-state index contributed by atoms with van der Waals surface area (Å²) in [6.45, 7) is 1.36. The second kappa shape index (κ2) is 8.32. The van der Waals surface area contributed by atoms with Gasteiger partial charge in [-0.3, -0.25) is 9.69 Å². The maximum Gasteiger partial charge on any atom is 0.208 e. The number of benzene rings is 2. The maximum atomic E-state index is 13.6. The molecule has 0 aromatic heterocycles. The van der Waals surface area contributed by atoms with Crippen molar-refractivity contribution in [3.8, 4) is 5.75 Å². The standard InChI is InChI=1S/C19H20ClFN2O2/c20-16-3-1-2-15(8-16)12-25-18-6-4-14(5-7-18)10-23-11-17(21)9-19(23)22-13-24/h1-8,13,17,19H,9-12H2,(H,22,24)/t17-,19-/m0/s1. The Bertz CT molecular complexity index is 711. The van der Waals surface area contributed by atoms with Crippen LogP contribution < -0.4 is 10.1 Å². The van der Waals surface area contributed by atoms with Crippen LogP contribution in [0.3, 0.4) is 0 Å². The predicted octanol–water partition coefficient (Wildman–Crippen LogP) is 3.53. The highest BCUT2D eigenvalue weighted by atomic mass is 35.5. The fourth-order valence-corrected chi connectivity index (χ4v) is 3.21. The summed E-state index contributed by atoms with van der Waals surface area (Å²) in [6.07, 6.45) is -0.189. The Labute approximate surface area is 151 Å². The molecule has 1 fully saturated rings. The summed E-state index contributed by atoms with van der Waals surface area (Å²) in [5, 5.41) is 3.36. The molecule has 2 aromatic carbocycles. The van der Waals surface area contributed by atoms with E-state index in [4.69, 9.17) is 16.3 Å². The van der Waals surface area contributed by atoms with E-state index in [0.29, 0.717) is 37.5 Å². The molecule has 1 aliphatic heterocycles. The minimum absolute atomic E-state index is 0.244. The third kappa shape index (κ3) is 4.94. The lowest BCUT2D eigenvalue weighted by molar-refractivity contribution is -0.111. The van der Waals surface area contributed by atoms with Gasteiger partial charge in [0.05, 0.1) is 6.17 Å². The van der Waals surface area contributed by atoms with Gasteiger partial charge in [-0.2, -0.15) is 0 Å². The highest BCUT2D eigenvalue weighted by molar-refractivity contribution is 6.30. The number of hydrogen-bond acceptors (Lipinski definition) is 3. The van der Waals surface area contributed by atoms with Crippen molar-refractivity contribution in [2.45, 2.75) is 31.9 Å². The Hall–Kier alpha value is -2.11. The Morgan fingerprint density at radius 3 is 2.76 bits per heavy atom. The first-order valence-electron chi connectivity index (χ1n) is 8.18. The number of ether oxygens (including phenoxy) is 1. The molecule has 0 bridgehead atoms. The number of hydrogen-bond donors (Lipinski definition) is 1. The Balaban J connectivity index is 1.56. The van der Waals surface area contributed by atoms with E-state index in [2.05, 4.69) is 5.32 Å². The lowest BCUT2D eigenvalue weighted by Crippen LogP contribution is -2.39. The SMILES string of the molecule is O=CN[C@@H]1C[C@H](F)CN1Cc1ccc(OCc2cccc(Cl)c2)cc1. The number of alkyl halides is 1. The fraction of sp³-hybridized carbons (Fsp3) is 0.316. The normalized spacial score (nSPS) is 20.4. The highest BCUT2D eigenvalue weighted by Gasteiger charge is 2.31. The average molecular weight is 363 g/mol. The van der Waals surface area contributed by atoms with Crippen molar-refractivity contribution in [1.29, 1.82) is 0 Å². The Kier molecular flexibility index (Phi) is 5.89. The fourth-order valence-electron chi connectivity index (χ4n) is 2.99. The first-order chi connectivity index (χ1) is 12.1. The van der Waals surface area contributed by atoms with Crippen molar-refractivity contribution in [2.24, 2.45) is 0 Å². The molecule has 2 atom stereocenters. The third-order valence-electron chi connectivity index (χ3n) is 4.22. The van der Waals surface area contributed by atoms with Crippen LogP contribution >= 0.6 is 11.6 Å². The van der Waals surface area contributed by atoms with E-state index >= 15 is 0 Å². The lowest BCUT2D eigenvalue weighted by atomic mass is 10.2. The van der Waals surface area contributed by atoms with Crippen molar-refractivity contribution in [2.75, 3.05) is 6.54 Å². The zero-order valence-electron chi connectivity index (χ0n) is 13.7. The molecule has 1 heterocycles. The summed E-state index contributed by atoms with van der Waals surface area (Å²) in [5.74, 6) is 0.760. The maximum absolute atomic E-state index is 13.6. The molecule has 6 heteroatoms. The number of nitrogens with zero attached hydrogens (tertiary/aromatic N) is 1. The van der Waals surface area contributed by atoms with Gasteiger partial charge in [0.25, 0.3) is 0 Å². The minimum atomic E-state index is -0.905. The van der Waals surface area contributed by atoms with E-state index in [1.807, 2.05) is 53.4 Å². The summed E-state index contributed by atoms with van der Waals surface area (Å²) < 4.78 is 19.3. The number of halogens is 2. The van der Waals surface area contributed by atoms with Gasteiger partial charge in [0.2, 0.25) is 6.41 Å². The van der Waals surface area contributed by atoms with Crippen molar-refractivity contribution >= 4 is 18.0 Å². The van der Waals surface area contributed by atoms with Gasteiger partial charge < -0.3 is 10.1 Å². The molecule has 1 aliphatic rings. The smallest absolute Gasteiger partial charge is 0.208 e. The zero-order chi connectivity index (χ0) is 17.6. The van der Waals surface area contributed by atoms with Gasteiger partial charge >= 0.3 is 0 Å². The molecular weight excluding hydrogens is 343 g/mol. The summed E-state index contributed by atoms with van der Waals surface area (Å²) in [7, 11) is 0. The van der Waals surface area contributed by atoms with Crippen LogP contribution in [0.25, 0.3) is 0 Å². The van der Waals surface area contributed by atoms with Gasteiger partial charge in [-0.15, -0.1) is 0 Å². The van der Waals surface area contributed by atoms with Crippen LogP contribution in [-0.2, 0) is 17.9 Å². The summed E-state index contributed by atoms with van der Waals surface area (Å²) in [6, 6.07) is 15.2. The van der Waals surface area contributed by atoms with E-state index in [9.17, 15) is 9.18 Å². The van der Waals surface area contributed by atoms with E-state index in [1.54, 1.807) is 0 Å². The average Bonchev–Trinajstić information content (AvgIpc) is 2.94. The largest absolute Gasteiger partial charge is 0.489 e. The van der Waals surface area contributed by atoms with Gasteiger partial charge in [-0.25, -0.2) is 4.39 Å². The molecule has 0 aliphatic carbocycles. The third-order valence-corrected chi connectivity index (χ3v) is 4.45. The molecule has 0 radical (unpaired) electrons. The van der Waals surface area contributed by atoms with Crippen molar-refractivity contribution in [3.63, 3.8) is 0 Å². The second-order valence-electron chi connectivity index (χ2n) is 6.13. The van der Waals surface area contributed by atoms with Crippen LogP contribution in [0.2, 0.25) is 5.02 Å². The number of nitrogens with one attached hydrogen (secondary N) is 1. The molecule has 0 saturated carbocycles. The molecule has 1 amide bonds. The van der Waals surface area contributed by atoms with Gasteiger partial charge in [-0.1, -0.05) is 35.9 Å². The molecule has 1 saturated heterocycles. The summed E-state index contributed by atoms with van der Waals surface area (Å²) in [5.41, 5.74) is 2.05. The number of rotatable bonds is 7. The number of carbonyl (C=O) groups is 1. The van der Waals surface area contributed by atoms with Crippen molar-refractivity contribution in [3.05, 3.63) is 64.7 Å². The molecule has 4 nitrogen and oxygen atoms in total. The zero-order valence-corrected chi connectivity index (χ0v) is 14.5. The Morgan fingerprint density at radius 2 is 2.04 bits per heavy atom. The molecule has 1 N–H and O–H groups in total. The van der Waals surface area contributed by atoms with Crippen LogP contribution in [0.5, 0.6) is 5.75 Å². The minimum Gasteiger partial charge on any atom is -0.489 e. The Morgan fingerprint density at radius 1 is 1.24 bits per heavy atom. The van der Waals surface area contributed by atoms with Gasteiger partial charge in [0.15, 0.2) is 0 Å². The van der Waals surface area contributed by atoms with E-state index < -0.39 is 6.17 Å². The van der Waals surface area contributed by atoms with E-state index in [1.165, 1.54) is 0 Å². The molecule has 0 unspecified atom stereocenters.